The zero-order valence-corrected chi connectivity index (χ0v) is 19.4. The Morgan fingerprint density at radius 2 is 1.87 bits per heavy atom. The summed E-state index contributed by atoms with van der Waals surface area (Å²) in [5, 5.41) is 11.9. The van der Waals surface area contributed by atoms with E-state index in [2.05, 4.69) is 25.4 Å². The summed E-state index contributed by atoms with van der Waals surface area (Å²) in [5.41, 5.74) is 0.644. The molecule has 7 nitrogen and oxygen atoms in total. The summed E-state index contributed by atoms with van der Waals surface area (Å²) in [4.78, 5) is 19.1. The molecule has 1 N–H and O–H groups in total. The number of rotatable bonds is 9. The van der Waals surface area contributed by atoms with Crippen LogP contribution in [0, 0.1) is 0 Å². The number of aromatic nitrogens is 3. The lowest BCUT2D eigenvalue weighted by atomic mass is 10.3. The Morgan fingerprint density at radius 3 is 2.53 bits per heavy atom. The average molecular weight is 484 g/mol. The second-order valence-corrected chi connectivity index (χ2v) is 9.44. The van der Waals surface area contributed by atoms with Gasteiger partial charge < -0.3 is 15.0 Å². The molecular formula is C19H19Cl2N5O2S2. The normalized spacial score (nSPS) is 11.0. The lowest BCUT2D eigenvalue weighted by Crippen LogP contribution is -2.15. The molecule has 1 aromatic carbocycles. The van der Waals surface area contributed by atoms with Crippen molar-refractivity contribution in [1.29, 1.82) is 0 Å². The molecule has 0 unspecified atom stereocenters. The van der Waals surface area contributed by atoms with Gasteiger partial charge in [0, 0.05) is 24.6 Å². The third-order valence-electron chi connectivity index (χ3n) is 3.73. The number of nitrogens with one attached hydrogen (secondary N) is 1. The van der Waals surface area contributed by atoms with Crippen LogP contribution in [0.5, 0.6) is 5.75 Å². The number of amides is 1. The van der Waals surface area contributed by atoms with Crippen molar-refractivity contribution in [2.75, 3.05) is 32.6 Å². The number of carbonyl (C=O) groups excluding carboxylic acids is 1. The second-order valence-electron chi connectivity index (χ2n) is 6.39. The third kappa shape index (κ3) is 6.55. The van der Waals surface area contributed by atoms with E-state index in [9.17, 15) is 4.79 Å². The van der Waals surface area contributed by atoms with E-state index in [1.807, 2.05) is 26.2 Å². The highest BCUT2D eigenvalue weighted by molar-refractivity contribution is 8.01. The molecule has 1 amide bonds. The number of anilines is 1. The number of ether oxygens (including phenoxy) is 1. The Hall–Kier alpha value is -1.91. The third-order valence-corrected chi connectivity index (χ3v) is 6.64. The lowest BCUT2D eigenvalue weighted by molar-refractivity contribution is 0.102. The fourth-order valence-electron chi connectivity index (χ4n) is 2.32. The van der Waals surface area contributed by atoms with E-state index in [0.29, 0.717) is 31.6 Å². The molecule has 3 rings (SSSR count). The first kappa shape index (κ1) is 22.8. The van der Waals surface area contributed by atoms with Crippen molar-refractivity contribution >= 4 is 57.9 Å². The van der Waals surface area contributed by atoms with Crippen molar-refractivity contribution in [2.24, 2.45) is 0 Å². The molecule has 0 atom stereocenters. The molecule has 2 heterocycles. The van der Waals surface area contributed by atoms with Crippen LogP contribution in [0.3, 0.4) is 0 Å². The van der Waals surface area contributed by atoms with Crippen LogP contribution in [0.25, 0.3) is 0 Å². The van der Waals surface area contributed by atoms with Crippen molar-refractivity contribution in [1.82, 2.24) is 20.1 Å². The molecule has 0 aliphatic rings. The standard InChI is InChI=1S/C19H19Cl2N5O2S2/c1-26(2)8-3-9-28-13-6-4-12(5-7-13)23-17(27)18-24-25-19(30-18)29-16-14(20)10-22-11-15(16)21/h4-7,10-11H,3,8-9H2,1-2H3,(H,23,27). The number of benzene rings is 1. The smallest absolute Gasteiger partial charge is 0.286 e. The minimum atomic E-state index is -0.342. The summed E-state index contributed by atoms with van der Waals surface area (Å²) in [6.45, 7) is 1.61. The molecule has 0 aliphatic heterocycles. The van der Waals surface area contributed by atoms with E-state index in [1.165, 1.54) is 24.2 Å². The zero-order chi connectivity index (χ0) is 21.5. The molecule has 2 aromatic heterocycles. The van der Waals surface area contributed by atoms with Crippen LogP contribution >= 0.6 is 46.3 Å². The number of carbonyl (C=O) groups is 1. The van der Waals surface area contributed by atoms with Crippen molar-refractivity contribution in [3.05, 3.63) is 51.7 Å². The van der Waals surface area contributed by atoms with Gasteiger partial charge in [0.15, 0.2) is 4.34 Å². The van der Waals surface area contributed by atoms with Gasteiger partial charge in [0.25, 0.3) is 5.91 Å². The van der Waals surface area contributed by atoms with Crippen molar-refractivity contribution in [3.8, 4) is 5.75 Å². The first-order valence-electron chi connectivity index (χ1n) is 8.91. The summed E-state index contributed by atoms with van der Waals surface area (Å²) in [5.74, 6) is 0.415. The predicted octanol–water partition coefficient (Wildman–Crippen LogP) is 4.97. The minimum Gasteiger partial charge on any atom is -0.494 e. The van der Waals surface area contributed by atoms with E-state index in [4.69, 9.17) is 27.9 Å². The molecule has 0 saturated heterocycles. The Balaban J connectivity index is 1.55. The van der Waals surface area contributed by atoms with E-state index in [-0.39, 0.29) is 10.9 Å². The van der Waals surface area contributed by atoms with Gasteiger partial charge in [0.2, 0.25) is 5.01 Å². The predicted molar refractivity (Wildman–Crippen MR) is 121 cm³/mol. The zero-order valence-electron chi connectivity index (χ0n) is 16.3. The molecule has 3 aromatic rings. The van der Waals surface area contributed by atoms with Gasteiger partial charge in [-0.05, 0) is 44.8 Å². The molecule has 11 heteroatoms. The Bertz CT molecular complexity index is 979. The second kappa shape index (κ2) is 10.9. The molecule has 0 saturated carbocycles. The van der Waals surface area contributed by atoms with Crippen LogP contribution in [0.2, 0.25) is 10.0 Å². The molecule has 0 spiro atoms. The van der Waals surface area contributed by atoms with Gasteiger partial charge in [0.1, 0.15) is 5.75 Å². The summed E-state index contributed by atoms with van der Waals surface area (Å²) in [6.07, 6.45) is 3.94. The van der Waals surface area contributed by atoms with Crippen LogP contribution in [-0.4, -0.2) is 53.2 Å². The number of hydrogen-bond donors (Lipinski definition) is 1. The van der Waals surface area contributed by atoms with E-state index < -0.39 is 0 Å². The summed E-state index contributed by atoms with van der Waals surface area (Å²) < 4.78 is 6.24. The van der Waals surface area contributed by atoms with Crippen molar-refractivity contribution < 1.29 is 9.53 Å². The number of nitrogens with zero attached hydrogens (tertiary/aromatic N) is 4. The first-order chi connectivity index (χ1) is 14.4. The van der Waals surface area contributed by atoms with E-state index in [0.717, 1.165) is 30.1 Å². The topological polar surface area (TPSA) is 80.2 Å². The maximum absolute atomic E-state index is 12.5. The maximum atomic E-state index is 12.5. The van der Waals surface area contributed by atoms with Gasteiger partial charge in [-0.15, -0.1) is 10.2 Å². The van der Waals surface area contributed by atoms with Crippen LogP contribution in [0.4, 0.5) is 5.69 Å². The first-order valence-corrected chi connectivity index (χ1v) is 11.3. The average Bonchev–Trinajstić information content (AvgIpc) is 3.18. The highest BCUT2D eigenvalue weighted by atomic mass is 35.5. The monoisotopic (exact) mass is 483 g/mol. The van der Waals surface area contributed by atoms with Gasteiger partial charge in [-0.1, -0.05) is 46.3 Å². The number of halogens is 2. The van der Waals surface area contributed by atoms with Crippen molar-refractivity contribution in [3.63, 3.8) is 0 Å². The fourth-order valence-corrected chi connectivity index (χ4v) is 4.60. The summed E-state index contributed by atoms with van der Waals surface area (Å²) >= 11 is 14.6. The fraction of sp³-hybridized carbons (Fsp3) is 0.263. The van der Waals surface area contributed by atoms with Gasteiger partial charge in [-0.25, -0.2) is 0 Å². The largest absolute Gasteiger partial charge is 0.494 e. The van der Waals surface area contributed by atoms with E-state index >= 15 is 0 Å². The number of hydrogen-bond acceptors (Lipinski definition) is 8. The highest BCUT2D eigenvalue weighted by Gasteiger charge is 2.16. The molecule has 158 valence electrons. The Labute approximate surface area is 192 Å². The maximum Gasteiger partial charge on any atom is 0.286 e. The van der Waals surface area contributed by atoms with Gasteiger partial charge in [-0.3, -0.25) is 9.78 Å². The Kier molecular flexibility index (Phi) is 8.29. The van der Waals surface area contributed by atoms with E-state index in [1.54, 1.807) is 12.1 Å². The van der Waals surface area contributed by atoms with Crippen LogP contribution < -0.4 is 10.1 Å². The quantitative estimate of drug-likeness (QED) is 0.430. The SMILES string of the molecule is CN(C)CCCOc1ccc(NC(=O)c2nnc(Sc3c(Cl)cncc3Cl)s2)cc1. The van der Waals surface area contributed by atoms with Crippen LogP contribution in [0.1, 0.15) is 16.2 Å². The molecule has 0 radical (unpaired) electrons. The minimum absolute atomic E-state index is 0.239. The molecule has 0 bridgehead atoms. The summed E-state index contributed by atoms with van der Waals surface area (Å²) in [6, 6.07) is 7.21. The van der Waals surface area contributed by atoms with Gasteiger partial charge in [-0.2, -0.15) is 0 Å². The lowest BCUT2D eigenvalue weighted by Gasteiger charge is -2.10. The van der Waals surface area contributed by atoms with Crippen LogP contribution in [0.15, 0.2) is 45.9 Å². The molecule has 0 aliphatic carbocycles. The molecule has 30 heavy (non-hydrogen) atoms. The summed E-state index contributed by atoms with van der Waals surface area (Å²) in [7, 11) is 4.06. The molecule has 0 fully saturated rings. The number of pyridine rings is 1. The highest BCUT2D eigenvalue weighted by Crippen LogP contribution is 2.38. The van der Waals surface area contributed by atoms with Crippen LogP contribution in [-0.2, 0) is 0 Å². The molecular weight excluding hydrogens is 465 g/mol. The van der Waals surface area contributed by atoms with Gasteiger partial charge >= 0.3 is 0 Å². The Morgan fingerprint density at radius 1 is 1.17 bits per heavy atom. The van der Waals surface area contributed by atoms with Gasteiger partial charge in [0.05, 0.1) is 21.5 Å². The van der Waals surface area contributed by atoms with Crippen molar-refractivity contribution in [2.45, 2.75) is 15.7 Å².